The van der Waals surface area contributed by atoms with Crippen LogP contribution < -0.4 is 0 Å². The zero-order chi connectivity index (χ0) is 14.0. The van der Waals surface area contributed by atoms with E-state index in [0.717, 1.165) is 0 Å². The molecule has 0 spiro atoms. The van der Waals surface area contributed by atoms with Crippen molar-refractivity contribution in [3.8, 4) is 0 Å². The third kappa shape index (κ3) is 29.3. The van der Waals surface area contributed by atoms with Crippen LogP contribution in [0, 0.1) is 0 Å². The van der Waals surface area contributed by atoms with E-state index in [2.05, 4.69) is 26.3 Å². The Kier molecular flexibility index (Phi) is 44.0. The first-order chi connectivity index (χ1) is 7.63. The Bertz CT molecular complexity index is 170. The summed E-state index contributed by atoms with van der Waals surface area (Å²) in [4.78, 5) is 0. The van der Waals surface area contributed by atoms with Gasteiger partial charge < -0.3 is 0 Å². The number of rotatable bonds is 3. The van der Waals surface area contributed by atoms with Crippen molar-refractivity contribution in [2.45, 2.75) is 41.5 Å². The topological polar surface area (TPSA) is 0 Å². The highest BCUT2D eigenvalue weighted by molar-refractivity contribution is 5.27. The zero-order valence-electron chi connectivity index (χ0n) is 12.1. The zero-order valence-corrected chi connectivity index (χ0v) is 12.1. The number of hydrogen-bond acceptors (Lipinski definition) is 0. The Labute approximate surface area is 104 Å². The Morgan fingerprint density at radius 1 is 0.625 bits per heavy atom. The van der Waals surface area contributed by atoms with Gasteiger partial charge in [-0.15, -0.1) is 0 Å². The van der Waals surface area contributed by atoms with Crippen LogP contribution in [0.1, 0.15) is 41.5 Å². The lowest BCUT2D eigenvalue weighted by Gasteiger charge is -1.92. The molecule has 0 aromatic rings. The van der Waals surface area contributed by atoms with Gasteiger partial charge in [0.2, 0.25) is 0 Å². The number of hydrogen-bond donors (Lipinski definition) is 0. The molecule has 16 heavy (non-hydrogen) atoms. The molecule has 0 aliphatic rings. The van der Waals surface area contributed by atoms with E-state index in [4.69, 9.17) is 0 Å². The average Bonchev–Trinajstić information content (AvgIpc) is 2.41. The lowest BCUT2D eigenvalue weighted by atomic mass is 10.1. The van der Waals surface area contributed by atoms with E-state index in [1.54, 1.807) is 12.2 Å². The van der Waals surface area contributed by atoms with Crippen molar-refractivity contribution in [1.82, 2.24) is 0 Å². The summed E-state index contributed by atoms with van der Waals surface area (Å²) >= 11 is 0. The molecule has 0 bridgehead atoms. The lowest BCUT2D eigenvalue weighted by Crippen LogP contribution is -1.71. The minimum atomic E-state index is 1.19. The van der Waals surface area contributed by atoms with Crippen molar-refractivity contribution < 1.29 is 0 Å². The highest BCUT2D eigenvalue weighted by Crippen LogP contribution is 2.02. The SMILES string of the molecule is C=C/C(C)=C(/C)C=C.C=CC=C.CC.CC. The summed E-state index contributed by atoms with van der Waals surface area (Å²) in [6, 6.07) is 0. The molecule has 0 unspecified atom stereocenters. The fourth-order valence-corrected chi connectivity index (χ4v) is 0.322. The maximum absolute atomic E-state index is 3.62. The van der Waals surface area contributed by atoms with Crippen LogP contribution in [0.4, 0.5) is 0 Å². The quantitative estimate of drug-likeness (QED) is 0.506. The second-order valence-corrected chi connectivity index (χ2v) is 2.25. The van der Waals surface area contributed by atoms with Gasteiger partial charge in [-0.1, -0.05) is 78.3 Å². The molecule has 0 aromatic heterocycles. The fourth-order valence-electron chi connectivity index (χ4n) is 0.322. The fraction of sp³-hybridized carbons (Fsp3) is 0.375. The molecule has 0 atom stereocenters. The molecule has 0 rings (SSSR count). The van der Waals surface area contributed by atoms with Crippen LogP contribution in [-0.2, 0) is 0 Å². The Morgan fingerprint density at radius 3 is 0.875 bits per heavy atom. The standard InChI is InChI=1S/C8H12.C4H6.2C2H6/c1-5-7(3)8(4)6-2;1-3-4-2;2*1-2/h5-6H,1-2H2,3-4H3;3-4H,1-2H2;2*1-2H3/b8-7-;;;. The predicted molar refractivity (Wildman–Crippen MR) is 81.9 cm³/mol. The third-order valence-corrected chi connectivity index (χ3v) is 1.40. The molecule has 0 aromatic carbocycles. The highest BCUT2D eigenvalue weighted by atomic mass is 13.9. The molecule has 0 saturated carbocycles. The van der Waals surface area contributed by atoms with E-state index in [1.807, 2.05) is 53.7 Å². The summed E-state index contributed by atoms with van der Waals surface area (Å²) in [5.74, 6) is 0. The van der Waals surface area contributed by atoms with Crippen LogP contribution in [0.25, 0.3) is 0 Å². The lowest BCUT2D eigenvalue weighted by molar-refractivity contribution is 1.39. The van der Waals surface area contributed by atoms with Gasteiger partial charge in [0.15, 0.2) is 0 Å². The van der Waals surface area contributed by atoms with Crippen molar-refractivity contribution in [3.05, 3.63) is 61.8 Å². The van der Waals surface area contributed by atoms with Gasteiger partial charge in [0.25, 0.3) is 0 Å². The second-order valence-electron chi connectivity index (χ2n) is 2.25. The molecule has 0 saturated heterocycles. The molecular weight excluding hydrogens is 192 g/mol. The van der Waals surface area contributed by atoms with Crippen molar-refractivity contribution in [1.29, 1.82) is 0 Å². The van der Waals surface area contributed by atoms with E-state index in [1.165, 1.54) is 11.1 Å². The van der Waals surface area contributed by atoms with Gasteiger partial charge in [0, 0.05) is 0 Å². The predicted octanol–water partition coefficient (Wildman–Crippen LogP) is 6.11. The molecule has 0 heterocycles. The summed E-state index contributed by atoms with van der Waals surface area (Å²) in [6.45, 7) is 26.0. The van der Waals surface area contributed by atoms with Crippen molar-refractivity contribution in [2.24, 2.45) is 0 Å². The van der Waals surface area contributed by atoms with E-state index >= 15 is 0 Å². The molecule has 0 aliphatic heterocycles. The first-order valence-corrected chi connectivity index (χ1v) is 5.79. The molecule has 0 radical (unpaired) electrons. The minimum Gasteiger partial charge on any atom is -0.0991 e. The van der Waals surface area contributed by atoms with E-state index in [-0.39, 0.29) is 0 Å². The molecule has 0 nitrogen and oxygen atoms in total. The smallest absolute Gasteiger partial charge is 0.0395 e. The molecule has 0 N–H and O–H groups in total. The molecule has 0 fully saturated rings. The van der Waals surface area contributed by atoms with Crippen molar-refractivity contribution in [3.63, 3.8) is 0 Å². The summed E-state index contributed by atoms with van der Waals surface area (Å²) < 4.78 is 0. The Morgan fingerprint density at radius 2 is 0.812 bits per heavy atom. The van der Waals surface area contributed by atoms with E-state index in [9.17, 15) is 0 Å². The van der Waals surface area contributed by atoms with Crippen molar-refractivity contribution in [2.75, 3.05) is 0 Å². The van der Waals surface area contributed by atoms with Gasteiger partial charge >= 0.3 is 0 Å². The minimum absolute atomic E-state index is 1.19. The summed E-state index contributed by atoms with van der Waals surface area (Å²) in [5.41, 5.74) is 2.39. The highest BCUT2D eigenvalue weighted by Gasteiger charge is 1.82. The van der Waals surface area contributed by atoms with Crippen LogP contribution in [0.3, 0.4) is 0 Å². The van der Waals surface area contributed by atoms with Crippen LogP contribution in [-0.4, -0.2) is 0 Å². The molecule has 0 heteroatoms. The number of allylic oxidation sites excluding steroid dienone is 6. The first-order valence-electron chi connectivity index (χ1n) is 5.79. The molecule has 94 valence electrons. The Hall–Kier alpha value is -1.30. The second kappa shape index (κ2) is 29.2. The monoisotopic (exact) mass is 222 g/mol. The summed E-state index contributed by atoms with van der Waals surface area (Å²) in [7, 11) is 0. The summed E-state index contributed by atoms with van der Waals surface area (Å²) in [6.07, 6.45) is 6.94. The normalized spacial score (nSPS) is 8.12. The van der Waals surface area contributed by atoms with Crippen LogP contribution in [0.15, 0.2) is 61.8 Å². The first kappa shape index (κ1) is 24.1. The van der Waals surface area contributed by atoms with E-state index < -0.39 is 0 Å². The maximum Gasteiger partial charge on any atom is -0.0395 e. The van der Waals surface area contributed by atoms with E-state index in [0.29, 0.717) is 0 Å². The van der Waals surface area contributed by atoms with Crippen LogP contribution in [0.2, 0.25) is 0 Å². The van der Waals surface area contributed by atoms with Gasteiger partial charge in [-0.05, 0) is 25.0 Å². The van der Waals surface area contributed by atoms with Crippen molar-refractivity contribution >= 4 is 0 Å². The molecule has 0 amide bonds. The Balaban J connectivity index is -0.0000000761. The van der Waals surface area contributed by atoms with Gasteiger partial charge in [0.1, 0.15) is 0 Å². The van der Waals surface area contributed by atoms with Crippen LogP contribution in [0.5, 0.6) is 0 Å². The van der Waals surface area contributed by atoms with Gasteiger partial charge in [-0.25, -0.2) is 0 Å². The third-order valence-electron chi connectivity index (χ3n) is 1.40. The van der Waals surface area contributed by atoms with Gasteiger partial charge in [0.05, 0.1) is 0 Å². The summed E-state index contributed by atoms with van der Waals surface area (Å²) in [5, 5.41) is 0. The van der Waals surface area contributed by atoms with Gasteiger partial charge in [-0.3, -0.25) is 0 Å². The average molecular weight is 222 g/mol. The molecular formula is C16H30. The largest absolute Gasteiger partial charge is 0.0991 e. The van der Waals surface area contributed by atoms with Crippen LogP contribution >= 0.6 is 0 Å². The van der Waals surface area contributed by atoms with Gasteiger partial charge in [-0.2, -0.15) is 0 Å². The molecule has 0 aliphatic carbocycles. The maximum atomic E-state index is 3.62.